The lowest BCUT2D eigenvalue weighted by Crippen LogP contribution is -2.35. The van der Waals surface area contributed by atoms with Crippen molar-refractivity contribution >= 4 is 5.97 Å². The average Bonchev–Trinajstić information content (AvgIpc) is 2.82. The van der Waals surface area contributed by atoms with Gasteiger partial charge in [0, 0.05) is 12.6 Å². The highest BCUT2D eigenvalue weighted by molar-refractivity contribution is 5.70. The summed E-state index contributed by atoms with van der Waals surface area (Å²) in [5.74, 6) is 0.538. The van der Waals surface area contributed by atoms with Crippen LogP contribution in [0.2, 0.25) is 0 Å². The molecule has 0 aromatic heterocycles. The fourth-order valence-electron chi connectivity index (χ4n) is 2.34. The summed E-state index contributed by atoms with van der Waals surface area (Å²) < 4.78 is 9.99. The molecule has 0 unspecified atom stereocenters. The van der Waals surface area contributed by atoms with Gasteiger partial charge < -0.3 is 14.8 Å². The van der Waals surface area contributed by atoms with Crippen molar-refractivity contribution in [1.29, 1.82) is 0 Å². The van der Waals surface area contributed by atoms with Gasteiger partial charge in [-0.3, -0.25) is 0 Å². The molecular weight excluding hydrogens is 218 g/mol. The minimum Gasteiger partial charge on any atom is -0.464 e. The molecule has 0 spiro atoms. The zero-order chi connectivity index (χ0) is 12.5. The molecule has 0 aromatic carbocycles. The largest absolute Gasteiger partial charge is 0.464 e. The van der Waals surface area contributed by atoms with Crippen LogP contribution in [-0.2, 0) is 14.3 Å². The van der Waals surface area contributed by atoms with Crippen LogP contribution in [0.5, 0.6) is 0 Å². The first-order chi connectivity index (χ1) is 8.24. The Hall–Kier alpha value is -0.610. The summed E-state index contributed by atoms with van der Waals surface area (Å²) in [6, 6.07) is 0.559. The SMILES string of the molecule is CCOC(=O)COCCN[C@H](C)C1CCCC1. The van der Waals surface area contributed by atoms with E-state index in [1.54, 1.807) is 6.92 Å². The average molecular weight is 243 g/mol. The smallest absolute Gasteiger partial charge is 0.332 e. The Bertz CT molecular complexity index is 215. The van der Waals surface area contributed by atoms with E-state index in [1.807, 2.05) is 0 Å². The van der Waals surface area contributed by atoms with Crippen LogP contribution < -0.4 is 5.32 Å². The van der Waals surface area contributed by atoms with Gasteiger partial charge in [-0.1, -0.05) is 12.8 Å². The number of carbonyl (C=O) groups excluding carboxylic acids is 1. The van der Waals surface area contributed by atoms with Gasteiger partial charge in [0.2, 0.25) is 0 Å². The molecule has 0 aliphatic heterocycles. The predicted molar refractivity (Wildman–Crippen MR) is 66.9 cm³/mol. The van der Waals surface area contributed by atoms with Gasteiger partial charge in [0.25, 0.3) is 0 Å². The Morgan fingerprint density at radius 2 is 2.12 bits per heavy atom. The molecule has 4 nitrogen and oxygen atoms in total. The van der Waals surface area contributed by atoms with E-state index in [0.717, 1.165) is 12.5 Å². The second-order valence-corrected chi connectivity index (χ2v) is 4.64. The maximum Gasteiger partial charge on any atom is 0.332 e. The Morgan fingerprint density at radius 1 is 1.41 bits per heavy atom. The van der Waals surface area contributed by atoms with Crippen LogP contribution in [0.4, 0.5) is 0 Å². The van der Waals surface area contributed by atoms with Crippen molar-refractivity contribution in [3.05, 3.63) is 0 Å². The lowest BCUT2D eigenvalue weighted by molar-refractivity contribution is -0.148. The minimum absolute atomic E-state index is 0.0628. The molecule has 17 heavy (non-hydrogen) atoms. The Labute approximate surface area is 104 Å². The van der Waals surface area contributed by atoms with Crippen LogP contribution in [0.25, 0.3) is 0 Å². The molecule has 4 heteroatoms. The van der Waals surface area contributed by atoms with Crippen LogP contribution in [0.3, 0.4) is 0 Å². The summed E-state index contributed by atoms with van der Waals surface area (Å²) in [5.41, 5.74) is 0. The zero-order valence-electron chi connectivity index (χ0n) is 11.0. The van der Waals surface area contributed by atoms with Crippen LogP contribution in [0.1, 0.15) is 39.5 Å². The minimum atomic E-state index is -0.281. The van der Waals surface area contributed by atoms with Crippen LogP contribution in [0.15, 0.2) is 0 Å². The molecule has 1 fully saturated rings. The molecule has 1 aliphatic rings. The summed E-state index contributed by atoms with van der Waals surface area (Å²) in [4.78, 5) is 11.0. The fourth-order valence-corrected chi connectivity index (χ4v) is 2.34. The second kappa shape index (κ2) is 8.48. The second-order valence-electron chi connectivity index (χ2n) is 4.64. The van der Waals surface area contributed by atoms with Crippen molar-refractivity contribution in [2.24, 2.45) is 5.92 Å². The van der Waals surface area contributed by atoms with Gasteiger partial charge in [0.05, 0.1) is 13.2 Å². The molecular formula is C13H25NO3. The third-order valence-corrected chi connectivity index (χ3v) is 3.34. The topological polar surface area (TPSA) is 47.6 Å². The third-order valence-electron chi connectivity index (χ3n) is 3.34. The van der Waals surface area contributed by atoms with Gasteiger partial charge in [0.15, 0.2) is 0 Å². The summed E-state index contributed by atoms with van der Waals surface area (Å²) in [6.07, 6.45) is 5.43. The molecule has 1 atom stereocenters. The highest BCUT2D eigenvalue weighted by Gasteiger charge is 2.20. The number of carbonyl (C=O) groups is 1. The highest BCUT2D eigenvalue weighted by Crippen LogP contribution is 2.27. The third kappa shape index (κ3) is 6.03. The summed E-state index contributed by atoms with van der Waals surface area (Å²) >= 11 is 0. The Balaban J connectivity index is 1.94. The lowest BCUT2D eigenvalue weighted by Gasteiger charge is -2.20. The molecule has 1 aliphatic carbocycles. The molecule has 0 aromatic rings. The molecule has 0 radical (unpaired) electrons. The molecule has 0 saturated heterocycles. The molecule has 1 saturated carbocycles. The van der Waals surface area contributed by atoms with Gasteiger partial charge in [-0.05, 0) is 32.6 Å². The van der Waals surface area contributed by atoms with Crippen molar-refractivity contribution in [3.63, 3.8) is 0 Å². The molecule has 0 bridgehead atoms. The first-order valence-corrected chi connectivity index (χ1v) is 6.70. The fraction of sp³-hybridized carbons (Fsp3) is 0.923. The molecule has 1 rings (SSSR count). The van der Waals surface area contributed by atoms with Crippen molar-refractivity contribution in [2.45, 2.75) is 45.6 Å². The van der Waals surface area contributed by atoms with Gasteiger partial charge in [-0.25, -0.2) is 4.79 Å². The van der Waals surface area contributed by atoms with Crippen molar-refractivity contribution in [1.82, 2.24) is 5.32 Å². The number of esters is 1. The van der Waals surface area contributed by atoms with E-state index in [1.165, 1.54) is 25.7 Å². The number of hydrogen-bond acceptors (Lipinski definition) is 4. The van der Waals surface area contributed by atoms with E-state index in [4.69, 9.17) is 9.47 Å². The number of nitrogens with one attached hydrogen (secondary N) is 1. The van der Waals surface area contributed by atoms with Crippen LogP contribution in [-0.4, -0.2) is 38.4 Å². The van der Waals surface area contributed by atoms with E-state index in [0.29, 0.717) is 19.3 Å². The summed E-state index contributed by atoms with van der Waals surface area (Å²) in [6.45, 7) is 5.88. The molecule has 0 heterocycles. The van der Waals surface area contributed by atoms with E-state index in [-0.39, 0.29) is 12.6 Å². The summed E-state index contributed by atoms with van der Waals surface area (Å²) in [7, 11) is 0. The predicted octanol–water partition coefficient (Wildman–Crippen LogP) is 1.73. The maximum atomic E-state index is 11.0. The number of hydrogen-bond donors (Lipinski definition) is 1. The van der Waals surface area contributed by atoms with E-state index >= 15 is 0 Å². The van der Waals surface area contributed by atoms with Gasteiger partial charge >= 0.3 is 5.97 Å². The van der Waals surface area contributed by atoms with Gasteiger partial charge in [0.1, 0.15) is 6.61 Å². The standard InChI is InChI=1S/C13H25NO3/c1-3-17-13(15)10-16-9-8-14-11(2)12-6-4-5-7-12/h11-12,14H,3-10H2,1-2H3/t11-/m1/s1. The highest BCUT2D eigenvalue weighted by atomic mass is 16.6. The normalized spacial score (nSPS) is 18.2. The summed E-state index contributed by atoms with van der Waals surface area (Å²) in [5, 5.41) is 3.45. The lowest BCUT2D eigenvalue weighted by atomic mass is 10.00. The van der Waals surface area contributed by atoms with E-state index in [2.05, 4.69) is 12.2 Å². The van der Waals surface area contributed by atoms with Crippen molar-refractivity contribution < 1.29 is 14.3 Å². The van der Waals surface area contributed by atoms with E-state index < -0.39 is 0 Å². The molecule has 0 amide bonds. The molecule has 100 valence electrons. The van der Waals surface area contributed by atoms with Gasteiger partial charge in [-0.2, -0.15) is 0 Å². The van der Waals surface area contributed by atoms with Crippen LogP contribution in [0, 0.1) is 5.92 Å². The Kier molecular flexibility index (Phi) is 7.21. The first kappa shape index (κ1) is 14.5. The number of rotatable bonds is 8. The zero-order valence-corrected chi connectivity index (χ0v) is 11.0. The van der Waals surface area contributed by atoms with Crippen LogP contribution >= 0.6 is 0 Å². The Morgan fingerprint density at radius 3 is 2.76 bits per heavy atom. The monoisotopic (exact) mass is 243 g/mol. The molecule has 1 N–H and O–H groups in total. The van der Waals surface area contributed by atoms with Crippen molar-refractivity contribution in [3.8, 4) is 0 Å². The van der Waals surface area contributed by atoms with Crippen molar-refractivity contribution in [2.75, 3.05) is 26.4 Å². The number of ether oxygens (including phenoxy) is 2. The first-order valence-electron chi connectivity index (χ1n) is 6.70. The quantitative estimate of drug-likeness (QED) is 0.521. The maximum absolute atomic E-state index is 11.0. The van der Waals surface area contributed by atoms with Gasteiger partial charge in [-0.15, -0.1) is 0 Å². The van der Waals surface area contributed by atoms with E-state index in [9.17, 15) is 4.79 Å².